The Kier molecular flexibility index (Phi) is 6.00. The molecule has 0 spiro atoms. The number of aromatic nitrogens is 4. The first kappa shape index (κ1) is 22.1. The molecule has 0 fully saturated rings. The molecule has 2 aromatic heterocycles. The minimum Gasteiger partial charge on any atom is -0.347 e. The van der Waals surface area contributed by atoms with Crippen molar-refractivity contribution in [3.63, 3.8) is 0 Å². The van der Waals surface area contributed by atoms with Gasteiger partial charge in [-0.2, -0.15) is 8.42 Å². The zero-order valence-corrected chi connectivity index (χ0v) is 19.5. The number of benzene rings is 3. The van der Waals surface area contributed by atoms with E-state index < -0.39 is 10.1 Å². The zero-order valence-electron chi connectivity index (χ0n) is 18.7. The lowest BCUT2D eigenvalue weighted by atomic mass is 10.1. The lowest BCUT2D eigenvalue weighted by Gasteiger charge is -2.10. The molecule has 172 valence electrons. The summed E-state index contributed by atoms with van der Waals surface area (Å²) in [5.74, 6) is 0. The van der Waals surface area contributed by atoms with Gasteiger partial charge >= 0.3 is 0 Å². The highest BCUT2D eigenvalue weighted by Gasteiger charge is 2.16. The normalized spacial score (nSPS) is 11.8. The molecule has 7 nitrogen and oxygen atoms in total. The quantitative estimate of drug-likeness (QED) is 0.307. The number of hydrogen-bond donors (Lipinski definition) is 0. The van der Waals surface area contributed by atoms with E-state index in [1.54, 1.807) is 24.3 Å². The van der Waals surface area contributed by atoms with E-state index in [0.29, 0.717) is 13.1 Å². The van der Waals surface area contributed by atoms with Gasteiger partial charge in [0.2, 0.25) is 0 Å². The zero-order chi connectivity index (χ0) is 23.5. The summed E-state index contributed by atoms with van der Waals surface area (Å²) in [4.78, 5) is 0.157. The van der Waals surface area contributed by atoms with E-state index in [9.17, 15) is 8.42 Å². The van der Waals surface area contributed by atoms with Crippen LogP contribution in [0.25, 0.3) is 22.2 Å². The summed E-state index contributed by atoms with van der Waals surface area (Å²) in [5.41, 5.74) is 5.86. The molecule has 8 heteroatoms. The lowest BCUT2D eigenvalue weighted by Crippen LogP contribution is -2.14. The second kappa shape index (κ2) is 9.24. The van der Waals surface area contributed by atoms with Crippen LogP contribution in [0, 0.1) is 6.92 Å². The Hall–Kier alpha value is -3.75. The predicted molar refractivity (Wildman–Crippen MR) is 131 cm³/mol. The van der Waals surface area contributed by atoms with Crippen molar-refractivity contribution >= 4 is 21.2 Å². The summed E-state index contributed by atoms with van der Waals surface area (Å²) in [7, 11) is -3.83. The van der Waals surface area contributed by atoms with Gasteiger partial charge in [0, 0.05) is 18.4 Å². The molecule has 0 radical (unpaired) electrons. The summed E-state index contributed by atoms with van der Waals surface area (Å²) >= 11 is 0. The van der Waals surface area contributed by atoms with Crippen LogP contribution in [-0.2, 0) is 27.4 Å². The molecular formula is C26H24N4O3S. The van der Waals surface area contributed by atoms with Gasteiger partial charge in [-0.15, -0.1) is 5.10 Å². The van der Waals surface area contributed by atoms with Gasteiger partial charge < -0.3 is 4.57 Å². The maximum Gasteiger partial charge on any atom is 0.297 e. The topological polar surface area (TPSA) is 79.0 Å². The largest absolute Gasteiger partial charge is 0.347 e. The molecule has 0 bridgehead atoms. The minimum absolute atomic E-state index is 0.0181. The molecule has 0 amide bonds. The summed E-state index contributed by atoms with van der Waals surface area (Å²) in [6.45, 7) is 2.80. The minimum atomic E-state index is -3.83. The fraction of sp³-hybridized carbons (Fsp3) is 0.154. The molecule has 2 heterocycles. The molecule has 0 aliphatic rings. The van der Waals surface area contributed by atoms with E-state index in [1.165, 1.54) is 0 Å². The molecule has 0 atom stereocenters. The molecule has 0 aliphatic carbocycles. The van der Waals surface area contributed by atoms with Gasteiger partial charge in [-0.25, -0.2) is 4.68 Å². The van der Waals surface area contributed by atoms with Crippen molar-refractivity contribution in [2.75, 3.05) is 6.61 Å². The van der Waals surface area contributed by atoms with Gasteiger partial charge in [-0.1, -0.05) is 65.4 Å². The molecule has 0 saturated carbocycles. The van der Waals surface area contributed by atoms with E-state index in [4.69, 9.17) is 4.18 Å². The standard InChI is InChI=1S/C26H24N4O3S/c1-20-11-13-24(14-12-20)34(31,32)33-16-15-29-18-22(21-7-3-2-4-8-21)17-23(29)19-30-26-10-6-5-9-25(26)27-28-30/h2-14,17-18H,15-16,19H2,1H3. The number of rotatable bonds is 8. The molecule has 5 rings (SSSR count). The number of para-hydroxylation sites is 1. The monoisotopic (exact) mass is 472 g/mol. The molecule has 0 aliphatic heterocycles. The summed E-state index contributed by atoms with van der Waals surface area (Å²) in [5, 5.41) is 8.55. The van der Waals surface area contributed by atoms with Gasteiger partial charge in [0.1, 0.15) is 5.52 Å². The molecule has 0 unspecified atom stereocenters. The van der Waals surface area contributed by atoms with Crippen LogP contribution in [0.15, 0.2) is 96.0 Å². The van der Waals surface area contributed by atoms with Crippen molar-refractivity contribution in [2.24, 2.45) is 0 Å². The molecule has 34 heavy (non-hydrogen) atoms. The van der Waals surface area contributed by atoms with Crippen molar-refractivity contribution in [3.05, 3.63) is 102 Å². The van der Waals surface area contributed by atoms with Gasteiger partial charge in [0.25, 0.3) is 10.1 Å². The third-order valence-electron chi connectivity index (χ3n) is 5.71. The first-order chi connectivity index (χ1) is 16.5. The Morgan fingerprint density at radius 3 is 2.41 bits per heavy atom. The Balaban J connectivity index is 1.40. The number of hydrogen-bond acceptors (Lipinski definition) is 5. The van der Waals surface area contributed by atoms with Gasteiger partial charge in [0.15, 0.2) is 0 Å². The third kappa shape index (κ3) is 4.64. The smallest absolute Gasteiger partial charge is 0.297 e. The first-order valence-electron chi connectivity index (χ1n) is 11.0. The highest BCUT2D eigenvalue weighted by Crippen LogP contribution is 2.24. The molecule has 3 aromatic carbocycles. The number of fused-ring (bicyclic) bond motifs is 1. The number of aryl methyl sites for hydroxylation is 1. The van der Waals surface area contributed by atoms with E-state index in [1.807, 2.05) is 77.0 Å². The van der Waals surface area contributed by atoms with E-state index in [0.717, 1.165) is 33.4 Å². The van der Waals surface area contributed by atoms with Crippen molar-refractivity contribution in [3.8, 4) is 11.1 Å². The Labute approximate surface area is 198 Å². The average Bonchev–Trinajstić information content (AvgIpc) is 3.44. The second-order valence-electron chi connectivity index (χ2n) is 8.10. The van der Waals surface area contributed by atoms with Gasteiger partial charge in [-0.05, 0) is 48.4 Å². The van der Waals surface area contributed by atoms with Gasteiger partial charge in [-0.3, -0.25) is 4.18 Å². The van der Waals surface area contributed by atoms with Crippen LogP contribution in [-0.4, -0.2) is 34.6 Å². The second-order valence-corrected chi connectivity index (χ2v) is 9.72. The van der Waals surface area contributed by atoms with Crippen LogP contribution < -0.4 is 0 Å². The Bertz CT molecular complexity index is 1520. The highest BCUT2D eigenvalue weighted by atomic mass is 32.2. The van der Waals surface area contributed by atoms with E-state index in [-0.39, 0.29) is 11.5 Å². The third-order valence-corrected chi connectivity index (χ3v) is 7.03. The first-order valence-corrected chi connectivity index (χ1v) is 12.4. The summed E-state index contributed by atoms with van der Waals surface area (Å²) in [6.07, 6.45) is 2.02. The molecule has 0 N–H and O–H groups in total. The lowest BCUT2D eigenvalue weighted by molar-refractivity contribution is 0.299. The van der Waals surface area contributed by atoms with Crippen molar-refractivity contribution in [1.29, 1.82) is 0 Å². The number of nitrogens with zero attached hydrogens (tertiary/aromatic N) is 4. The van der Waals surface area contributed by atoms with Crippen LogP contribution in [0.2, 0.25) is 0 Å². The maximum absolute atomic E-state index is 12.6. The van der Waals surface area contributed by atoms with Crippen LogP contribution in [0.5, 0.6) is 0 Å². The SMILES string of the molecule is Cc1ccc(S(=O)(=O)OCCn2cc(-c3ccccc3)cc2Cn2nnc3ccccc32)cc1. The van der Waals surface area contributed by atoms with Gasteiger partial charge in [0.05, 0.1) is 23.6 Å². The highest BCUT2D eigenvalue weighted by molar-refractivity contribution is 7.86. The van der Waals surface area contributed by atoms with Crippen LogP contribution >= 0.6 is 0 Å². The summed E-state index contributed by atoms with van der Waals surface area (Å²) in [6, 6.07) is 26.6. The molecule has 0 saturated heterocycles. The van der Waals surface area contributed by atoms with Crippen LogP contribution in [0.3, 0.4) is 0 Å². The fourth-order valence-electron chi connectivity index (χ4n) is 3.89. The maximum atomic E-state index is 12.6. The van der Waals surface area contributed by atoms with E-state index >= 15 is 0 Å². The Morgan fingerprint density at radius 2 is 1.62 bits per heavy atom. The molecule has 5 aromatic rings. The predicted octanol–water partition coefficient (Wildman–Crippen LogP) is 4.66. The van der Waals surface area contributed by atoms with E-state index in [2.05, 4.69) is 16.4 Å². The van der Waals surface area contributed by atoms with Crippen molar-refractivity contribution in [1.82, 2.24) is 19.6 Å². The van der Waals surface area contributed by atoms with Crippen LogP contribution in [0.1, 0.15) is 11.3 Å². The van der Waals surface area contributed by atoms with Crippen LogP contribution in [0.4, 0.5) is 0 Å². The fourth-order valence-corrected chi connectivity index (χ4v) is 4.79. The summed E-state index contributed by atoms with van der Waals surface area (Å²) < 4.78 is 34.4. The average molecular weight is 473 g/mol. The Morgan fingerprint density at radius 1 is 0.882 bits per heavy atom. The van der Waals surface area contributed by atoms with Crippen molar-refractivity contribution < 1.29 is 12.6 Å². The van der Waals surface area contributed by atoms with Crippen molar-refractivity contribution in [2.45, 2.75) is 24.9 Å². The molecular weight excluding hydrogens is 448 g/mol.